The van der Waals surface area contributed by atoms with Crippen LogP contribution in [0.1, 0.15) is 27.0 Å². The molecule has 110 valence electrons. The molecule has 1 aromatic heterocycles. The zero-order valence-corrected chi connectivity index (χ0v) is 12.5. The van der Waals surface area contributed by atoms with Gasteiger partial charge in [0.05, 0.1) is 4.88 Å². The SMILES string of the molecule is CCc1ccc(C(=O)N[C@H](Cc2ccccc2)C(=O)O)s1. The lowest BCUT2D eigenvalue weighted by Gasteiger charge is -2.14. The van der Waals surface area contributed by atoms with E-state index in [2.05, 4.69) is 5.32 Å². The number of hydrogen-bond acceptors (Lipinski definition) is 3. The highest BCUT2D eigenvalue weighted by molar-refractivity contribution is 7.14. The second kappa shape index (κ2) is 7.04. The summed E-state index contributed by atoms with van der Waals surface area (Å²) in [5.41, 5.74) is 0.880. The van der Waals surface area contributed by atoms with Crippen LogP contribution in [0, 0.1) is 0 Å². The molecule has 0 fully saturated rings. The van der Waals surface area contributed by atoms with E-state index < -0.39 is 12.0 Å². The number of carbonyl (C=O) groups excluding carboxylic acids is 1. The van der Waals surface area contributed by atoms with Crippen LogP contribution >= 0.6 is 11.3 Å². The van der Waals surface area contributed by atoms with Gasteiger partial charge < -0.3 is 10.4 Å². The summed E-state index contributed by atoms with van der Waals surface area (Å²) >= 11 is 1.40. The fraction of sp³-hybridized carbons (Fsp3) is 0.250. The Labute approximate surface area is 127 Å². The molecule has 0 aliphatic carbocycles. The molecule has 1 atom stereocenters. The van der Waals surface area contributed by atoms with E-state index in [-0.39, 0.29) is 12.3 Å². The van der Waals surface area contributed by atoms with Crippen LogP contribution in [0.5, 0.6) is 0 Å². The van der Waals surface area contributed by atoms with Crippen molar-refractivity contribution in [3.05, 3.63) is 57.8 Å². The Kier molecular flexibility index (Phi) is 5.11. The molecule has 0 aliphatic rings. The van der Waals surface area contributed by atoms with Gasteiger partial charge in [-0.2, -0.15) is 0 Å². The van der Waals surface area contributed by atoms with E-state index in [4.69, 9.17) is 0 Å². The van der Waals surface area contributed by atoms with Crippen LogP contribution in [0.15, 0.2) is 42.5 Å². The first kappa shape index (κ1) is 15.3. The van der Waals surface area contributed by atoms with Crippen LogP contribution in [0.3, 0.4) is 0 Å². The van der Waals surface area contributed by atoms with Crippen molar-refractivity contribution in [2.75, 3.05) is 0 Å². The van der Waals surface area contributed by atoms with Gasteiger partial charge in [0.2, 0.25) is 0 Å². The molecular formula is C16H17NO3S. The third-order valence-electron chi connectivity index (χ3n) is 3.12. The zero-order chi connectivity index (χ0) is 15.2. The van der Waals surface area contributed by atoms with Crippen molar-refractivity contribution >= 4 is 23.2 Å². The highest BCUT2D eigenvalue weighted by Crippen LogP contribution is 2.17. The Bertz CT molecular complexity index is 621. The smallest absolute Gasteiger partial charge is 0.326 e. The Hall–Kier alpha value is -2.14. The number of rotatable bonds is 6. The summed E-state index contributed by atoms with van der Waals surface area (Å²) in [6.07, 6.45) is 1.14. The maximum Gasteiger partial charge on any atom is 0.326 e. The maximum absolute atomic E-state index is 12.1. The number of benzene rings is 1. The molecule has 0 saturated carbocycles. The Balaban J connectivity index is 2.05. The molecule has 5 heteroatoms. The number of nitrogens with one attached hydrogen (secondary N) is 1. The van der Waals surface area contributed by atoms with Crippen molar-refractivity contribution < 1.29 is 14.7 Å². The van der Waals surface area contributed by atoms with Crippen molar-refractivity contribution in [3.8, 4) is 0 Å². The lowest BCUT2D eigenvalue weighted by molar-refractivity contribution is -0.139. The molecule has 1 heterocycles. The summed E-state index contributed by atoms with van der Waals surface area (Å²) in [5, 5.41) is 11.9. The molecule has 1 amide bonds. The highest BCUT2D eigenvalue weighted by atomic mass is 32.1. The Morgan fingerprint density at radius 1 is 1.19 bits per heavy atom. The van der Waals surface area contributed by atoms with Crippen molar-refractivity contribution in [2.45, 2.75) is 25.8 Å². The molecule has 0 unspecified atom stereocenters. The van der Waals surface area contributed by atoms with Crippen LogP contribution < -0.4 is 5.32 Å². The number of aryl methyl sites for hydroxylation is 1. The van der Waals surface area contributed by atoms with E-state index in [0.717, 1.165) is 16.9 Å². The minimum absolute atomic E-state index is 0.272. The van der Waals surface area contributed by atoms with Gasteiger partial charge in [-0.05, 0) is 24.1 Å². The number of aliphatic carboxylic acids is 1. The predicted octanol–water partition coefficient (Wildman–Crippen LogP) is 2.74. The first-order valence-corrected chi connectivity index (χ1v) is 7.58. The van der Waals surface area contributed by atoms with Gasteiger partial charge >= 0.3 is 5.97 Å². The normalized spacial score (nSPS) is 11.9. The van der Waals surface area contributed by atoms with Gasteiger partial charge in [0, 0.05) is 11.3 Å². The van der Waals surface area contributed by atoms with Crippen molar-refractivity contribution in [1.29, 1.82) is 0 Å². The summed E-state index contributed by atoms with van der Waals surface area (Å²) in [5.74, 6) is -1.36. The van der Waals surface area contributed by atoms with E-state index in [1.807, 2.05) is 43.3 Å². The third-order valence-corrected chi connectivity index (χ3v) is 4.35. The van der Waals surface area contributed by atoms with Gasteiger partial charge in [0.25, 0.3) is 5.91 Å². The highest BCUT2D eigenvalue weighted by Gasteiger charge is 2.21. The first-order chi connectivity index (χ1) is 10.1. The summed E-state index contributed by atoms with van der Waals surface area (Å²) in [6, 6.07) is 12.0. The molecular weight excluding hydrogens is 286 g/mol. The van der Waals surface area contributed by atoms with Crippen molar-refractivity contribution in [3.63, 3.8) is 0 Å². The first-order valence-electron chi connectivity index (χ1n) is 6.76. The van der Waals surface area contributed by atoms with E-state index >= 15 is 0 Å². The molecule has 2 aromatic rings. The summed E-state index contributed by atoms with van der Waals surface area (Å²) < 4.78 is 0. The lowest BCUT2D eigenvalue weighted by Crippen LogP contribution is -2.42. The van der Waals surface area contributed by atoms with Gasteiger partial charge in [0.1, 0.15) is 6.04 Å². The number of hydrogen-bond donors (Lipinski definition) is 2. The fourth-order valence-corrected chi connectivity index (χ4v) is 2.82. The summed E-state index contributed by atoms with van der Waals surface area (Å²) in [6.45, 7) is 2.02. The molecule has 21 heavy (non-hydrogen) atoms. The Morgan fingerprint density at radius 3 is 2.48 bits per heavy atom. The molecule has 0 radical (unpaired) electrons. The average molecular weight is 303 g/mol. The molecule has 0 aliphatic heterocycles. The van der Waals surface area contributed by atoms with E-state index in [1.54, 1.807) is 6.07 Å². The second-order valence-corrected chi connectivity index (χ2v) is 5.84. The molecule has 1 aromatic carbocycles. The van der Waals surface area contributed by atoms with Crippen LogP contribution in [-0.2, 0) is 17.6 Å². The summed E-state index contributed by atoms with van der Waals surface area (Å²) in [7, 11) is 0. The zero-order valence-electron chi connectivity index (χ0n) is 11.7. The largest absolute Gasteiger partial charge is 0.480 e. The third kappa shape index (κ3) is 4.16. The second-order valence-electron chi connectivity index (χ2n) is 4.67. The predicted molar refractivity (Wildman–Crippen MR) is 82.7 cm³/mol. The quantitative estimate of drug-likeness (QED) is 0.862. The number of carbonyl (C=O) groups is 2. The molecule has 0 saturated heterocycles. The Morgan fingerprint density at radius 2 is 1.90 bits per heavy atom. The minimum atomic E-state index is -1.03. The van der Waals surface area contributed by atoms with Crippen molar-refractivity contribution in [2.24, 2.45) is 0 Å². The van der Waals surface area contributed by atoms with Crippen LogP contribution in [0.4, 0.5) is 0 Å². The molecule has 4 nitrogen and oxygen atoms in total. The lowest BCUT2D eigenvalue weighted by atomic mass is 10.1. The average Bonchev–Trinajstić information content (AvgIpc) is 2.96. The van der Waals surface area contributed by atoms with Gasteiger partial charge in [-0.1, -0.05) is 37.3 Å². The van der Waals surface area contributed by atoms with Crippen molar-refractivity contribution in [1.82, 2.24) is 5.32 Å². The monoisotopic (exact) mass is 303 g/mol. The number of carboxylic acid groups (broad SMARTS) is 1. The number of thiophene rings is 1. The van der Waals surface area contributed by atoms with Crippen LogP contribution in [0.25, 0.3) is 0 Å². The molecule has 0 bridgehead atoms. The van der Waals surface area contributed by atoms with Gasteiger partial charge in [-0.25, -0.2) is 4.79 Å². The molecule has 2 rings (SSSR count). The standard InChI is InChI=1S/C16H17NO3S/c1-2-12-8-9-14(21-12)15(18)17-13(16(19)20)10-11-6-4-3-5-7-11/h3-9,13H,2,10H2,1H3,(H,17,18)(H,19,20)/t13-/m1/s1. The molecule has 0 spiro atoms. The number of carboxylic acids is 1. The van der Waals surface area contributed by atoms with Crippen LogP contribution in [-0.4, -0.2) is 23.0 Å². The fourth-order valence-electron chi connectivity index (χ4n) is 1.97. The van der Waals surface area contributed by atoms with Gasteiger partial charge in [-0.15, -0.1) is 11.3 Å². The minimum Gasteiger partial charge on any atom is -0.480 e. The van der Waals surface area contributed by atoms with E-state index in [9.17, 15) is 14.7 Å². The van der Waals surface area contributed by atoms with Gasteiger partial charge in [0.15, 0.2) is 0 Å². The van der Waals surface area contributed by atoms with E-state index in [0.29, 0.717) is 4.88 Å². The summed E-state index contributed by atoms with van der Waals surface area (Å²) in [4.78, 5) is 25.1. The number of amides is 1. The van der Waals surface area contributed by atoms with Gasteiger partial charge in [-0.3, -0.25) is 4.79 Å². The topological polar surface area (TPSA) is 66.4 Å². The van der Waals surface area contributed by atoms with E-state index in [1.165, 1.54) is 11.3 Å². The molecule has 2 N–H and O–H groups in total. The maximum atomic E-state index is 12.1. The van der Waals surface area contributed by atoms with Crippen LogP contribution in [0.2, 0.25) is 0 Å².